The zero-order chi connectivity index (χ0) is 6.27. The van der Waals surface area contributed by atoms with Gasteiger partial charge in [0.1, 0.15) is 5.78 Å². The number of hydrogen-bond acceptors (Lipinski definition) is 1. The molecular formula is C8H11O. The van der Waals surface area contributed by atoms with Gasteiger partial charge in [-0.2, -0.15) is 0 Å². The molecule has 0 N–H and O–H groups in total. The zero-order valence-corrected chi connectivity index (χ0v) is 5.47. The molecule has 2 atom stereocenters. The van der Waals surface area contributed by atoms with E-state index < -0.39 is 0 Å². The number of ketones is 1. The second-order valence-corrected chi connectivity index (χ2v) is 3.14. The largest absolute Gasteiger partial charge is 0.299 e. The van der Waals surface area contributed by atoms with Gasteiger partial charge in [-0.1, -0.05) is 6.42 Å². The number of carbonyl (C=O) groups excluding carboxylic acids is 1. The molecule has 2 aliphatic carbocycles. The topological polar surface area (TPSA) is 17.1 Å². The van der Waals surface area contributed by atoms with Crippen LogP contribution in [0.1, 0.15) is 25.7 Å². The van der Waals surface area contributed by atoms with Gasteiger partial charge in [0.2, 0.25) is 0 Å². The zero-order valence-electron chi connectivity index (χ0n) is 5.47. The average Bonchev–Trinajstić information content (AvgIpc) is 2.35. The maximum absolute atomic E-state index is 11.0. The van der Waals surface area contributed by atoms with Crippen molar-refractivity contribution in [1.29, 1.82) is 0 Å². The molecule has 2 rings (SSSR count). The quantitative estimate of drug-likeness (QED) is 0.478. The van der Waals surface area contributed by atoms with Gasteiger partial charge in [-0.3, -0.25) is 4.79 Å². The molecule has 0 spiro atoms. The highest BCUT2D eigenvalue weighted by atomic mass is 16.1. The summed E-state index contributed by atoms with van der Waals surface area (Å²) in [6, 6.07) is 0. The van der Waals surface area contributed by atoms with Crippen molar-refractivity contribution in [2.24, 2.45) is 11.8 Å². The molecule has 2 aliphatic rings. The summed E-state index contributed by atoms with van der Waals surface area (Å²) in [6.45, 7) is 0. The maximum Gasteiger partial charge on any atom is 0.140 e. The molecule has 0 aromatic heterocycles. The lowest BCUT2D eigenvalue weighted by Crippen LogP contribution is -2.06. The van der Waals surface area contributed by atoms with Gasteiger partial charge in [0.05, 0.1) is 0 Å². The average molecular weight is 123 g/mol. The number of rotatable bonds is 0. The number of hydrogen-bond donors (Lipinski definition) is 0. The van der Waals surface area contributed by atoms with Crippen LogP contribution in [0.25, 0.3) is 0 Å². The van der Waals surface area contributed by atoms with Crippen molar-refractivity contribution in [3.8, 4) is 0 Å². The van der Waals surface area contributed by atoms with E-state index in [2.05, 4.69) is 0 Å². The predicted molar refractivity (Wildman–Crippen MR) is 34.8 cm³/mol. The van der Waals surface area contributed by atoms with Gasteiger partial charge in [-0.15, -0.1) is 0 Å². The Morgan fingerprint density at radius 1 is 1.44 bits per heavy atom. The molecule has 0 aliphatic heterocycles. The van der Waals surface area contributed by atoms with Gasteiger partial charge in [-0.05, 0) is 25.2 Å². The minimum absolute atomic E-state index is 0.428. The first-order chi connectivity index (χ1) is 4.38. The monoisotopic (exact) mass is 123 g/mol. The second-order valence-electron chi connectivity index (χ2n) is 3.14. The summed E-state index contributed by atoms with van der Waals surface area (Å²) in [6.07, 6.45) is 6.71. The number of carbonyl (C=O) groups is 1. The fourth-order valence-electron chi connectivity index (χ4n) is 2.11. The predicted octanol–water partition coefficient (Wildman–Crippen LogP) is 1.58. The van der Waals surface area contributed by atoms with E-state index in [1.165, 1.54) is 19.3 Å². The van der Waals surface area contributed by atoms with Crippen LogP contribution in [0.3, 0.4) is 0 Å². The van der Waals surface area contributed by atoms with Crippen LogP contribution in [-0.2, 0) is 4.79 Å². The Balaban J connectivity index is 2.15. The molecule has 9 heavy (non-hydrogen) atoms. The molecule has 0 saturated heterocycles. The van der Waals surface area contributed by atoms with Crippen LogP contribution < -0.4 is 0 Å². The molecule has 1 radical (unpaired) electrons. The molecule has 2 fully saturated rings. The lowest BCUT2D eigenvalue weighted by molar-refractivity contribution is -0.118. The van der Waals surface area contributed by atoms with Crippen molar-refractivity contribution >= 4 is 5.78 Å². The Kier molecular flexibility index (Phi) is 1.11. The first kappa shape index (κ1) is 5.45. The van der Waals surface area contributed by atoms with Gasteiger partial charge in [0.15, 0.2) is 0 Å². The van der Waals surface area contributed by atoms with E-state index in [0.29, 0.717) is 11.7 Å². The van der Waals surface area contributed by atoms with E-state index in [9.17, 15) is 4.79 Å². The molecule has 0 bridgehead atoms. The molecule has 0 aromatic rings. The summed E-state index contributed by atoms with van der Waals surface area (Å²) in [4.78, 5) is 11.0. The standard InChI is InChI=1S/C8H11O/c9-8-5-4-6-2-1-3-7(6)8/h5-7H,1-4H2. The highest BCUT2D eigenvalue weighted by Crippen LogP contribution is 2.40. The summed E-state index contributed by atoms with van der Waals surface area (Å²) >= 11 is 0. The van der Waals surface area contributed by atoms with Crippen molar-refractivity contribution in [1.82, 2.24) is 0 Å². The molecule has 0 heterocycles. The molecule has 2 saturated carbocycles. The van der Waals surface area contributed by atoms with Crippen LogP contribution >= 0.6 is 0 Å². The van der Waals surface area contributed by atoms with Gasteiger partial charge >= 0.3 is 0 Å². The van der Waals surface area contributed by atoms with E-state index in [4.69, 9.17) is 0 Å². The Bertz CT molecular complexity index is 140. The van der Waals surface area contributed by atoms with E-state index in [1.54, 1.807) is 0 Å². The highest BCUT2D eigenvalue weighted by Gasteiger charge is 2.37. The summed E-state index contributed by atoms with van der Waals surface area (Å²) in [5, 5.41) is 0. The van der Waals surface area contributed by atoms with Crippen LogP contribution in [0.5, 0.6) is 0 Å². The van der Waals surface area contributed by atoms with Gasteiger partial charge < -0.3 is 0 Å². The normalized spacial score (nSPS) is 41.6. The van der Waals surface area contributed by atoms with Crippen molar-refractivity contribution in [3.63, 3.8) is 0 Å². The third kappa shape index (κ3) is 0.707. The fraction of sp³-hybridized carbons (Fsp3) is 0.750. The SMILES string of the molecule is O=C1[CH]CC2CCCC12. The number of Topliss-reactive ketones (excluding diaryl/α,β-unsaturated/α-hetero) is 1. The van der Waals surface area contributed by atoms with Crippen LogP contribution in [0.4, 0.5) is 0 Å². The highest BCUT2D eigenvalue weighted by molar-refractivity contribution is 5.91. The molecule has 2 unspecified atom stereocenters. The molecular weight excluding hydrogens is 112 g/mol. The molecule has 1 heteroatoms. The molecule has 0 aromatic carbocycles. The van der Waals surface area contributed by atoms with Crippen LogP contribution in [0, 0.1) is 18.3 Å². The first-order valence-electron chi connectivity index (χ1n) is 3.75. The Morgan fingerprint density at radius 3 is 3.11 bits per heavy atom. The Morgan fingerprint density at radius 2 is 2.33 bits per heavy atom. The van der Waals surface area contributed by atoms with Crippen molar-refractivity contribution in [2.45, 2.75) is 25.7 Å². The minimum Gasteiger partial charge on any atom is -0.299 e. The molecule has 1 nitrogen and oxygen atoms in total. The Labute approximate surface area is 55.4 Å². The van der Waals surface area contributed by atoms with Crippen molar-refractivity contribution in [3.05, 3.63) is 6.42 Å². The lowest BCUT2D eigenvalue weighted by atomic mass is 10.0. The fourth-order valence-corrected chi connectivity index (χ4v) is 2.11. The summed E-state index contributed by atoms with van der Waals surface area (Å²) < 4.78 is 0. The maximum atomic E-state index is 11.0. The minimum atomic E-state index is 0.428. The van der Waals surface area contributed by atoms with E-state index >= 15 is 0 Å². The van der Waals surface area contributed by atoms with Crippen molar-refractivity contribution < 1.29 is 4.79 Å². The smallest absolute Gasteiger partial charge is 0.140 e. The third-order valence-electron chi connectivity index (χ3n) is 2.65. The van der Waals surface area contributed by atoms with E-state index in [1.807, 2.05) is 6.42 Å². The number of fused-ring (bicyclic) bond motifs is 1. The van der Waals surface area contributed by atoms with Crippen LogP contribution in [-0.4, -0.2) is 5.78 Å². The molecule has 49 valence electrons. The first-order valence-corrected chi connectivity index (χ1v) is 3.75. The van der Waals surface area contributed by atoms with Crippen molar-refractivity contribution in [2.75, 3.05) is 0 Å². The Hall–Kier alpha value is -0.330. The van der Waals surface area contributed by atoms with Crippen LogP contribution in [0.15, 0.2) is 0 Å². The molecule has 0 amide bonds. The van der Waals surface area contributed by atoms with E-state index in [-0.39, 0.29) is 0 Å². The second kappa shape index (κ2) is 1.83. The third-order valence-corrected chi connectivity index (χ3v) is 2.65. The summed E-state index contributed by atoms with van der Waals surface area (Å²) in [5.74, 6) is 1.63. The summed E-state index contributed by atoms with van der Waals surface area (Å²) in [5.41, 5.74) is 0. The summed E-state index contributed by atoms with van der Waals surface area (Å²) in [7, 11) is 0. The van der Waals surface area contributed by atoms with Crippen LogP contribution in [0.2, 0.25) is 0 Å². The van der Waals surface area contributed by atoms with Gasteiger partial charge in [0, 0.05) is 12.3 Å². The lowest BCUT2D eigenvalue weighted by Gasteiger charge is -2.03. The van der Waals surface area contributed by atoms with Gasteiger partial charge in [0.25, 0.3) is 0 Å². The van der Waals surface area contributed by atoms with E-state index in [0.717, 1.165) is 12.3 Å². The van der Waals surface area contributed by atoms with Gasteiger partial charge in [-0.25, -0.2) is 0 Å².